The van der Waals surface area contributed by atoms with E-state index in [0.717, 1.165) is 28.9 Å². The second kappa shape index (κ2) is 10.2. The Morgan fingerprint density at radius 2 is 1.61 bits per heavy atom. The van der Waals surface area contributed by atoms with Crippen molar-refractivity contribution in [2.45, 2.75) is 20.3 Å². The van der Waals surface area contributed by atoms with Gasteiger partial charge in [0.1, 0.15) is 0 Å². The van der Waals surface area contributed by atoms with E-state index in [1.165, 1.54) is 5.56 Å². The molecular formula is C27H29N3O3. The van der Waals surface area contributed by atoms with Gasteiger partial charge in [-0.1, -0.05) is 42.5 Å². The quantitative estimate of drug-likeness (QED) is 0.409. The summed E-state index contributed by atoms with van der Waals surface area (Å²) in [6.45, 7) is 5.46. The number of fused-ring (bicyclic) bond motifs is 1. The van der Waals surface area contributed by atoms with E-state index in [4.69, 9.17) is 15.2 Å². The van der Waals surface area contributed by atoms with Gasteiger partial charge in [0.15, 0.2) is 11.5 Å². The third kappa shape index (κ3) is 4.86. The lowest BCUT2D eigenvalue weighted by Gasteiger charge is -2.16. The molecular weight excluding hydrogens is 414 g/mol. The average molecular weight is 444 g/mol. The van der Waals surface area contributed by atoms with Crippen LogP contribution < -0.4 is 25.8 Å². The summed E-state index contributed by atoms with van der Waals surface area (Å²) < 4.78 is 11.6. The second-order valence-electron chi connectivity index (χ2n) is 7.64. The van der Waals surface area contributed by atoms with Crippen LogP contribution in [-0.2, 0) is 11.2 Å². The molecule has 6 heteroatoms. The minimum atomic E-state index is -0.174. The van der Waals surface area contributed by atoms with Crippen LogP contribution in [0.25, 0.3) is 11.3 Å². The first-order valence-electron chi connectivity index (χ1n) is 11.3. The highest BCUT2D eigenvalue weighted by atomic mass is 16.5. The molecule has 170 valence electrons. The third-order valence-corrected chi connectivity index (χ3v) is 5.40. The molecule has 0 radical (unpaired) electrons. The summed E-state index contributed by atoms with van der Waals surface area (Å²) in [5.74, 6) is 1.06. The van der Waals surface area contributed by atoms with Crippen LogP contribution in [0.1, 0.15) is 30.5 Å². The number of amides is 1. The zero-order valence-corrected chi connectivity index (χ0v) is 19.0. The van der Waals surface area contributed by atoms with Crippen molar-refractivity contribution in [3.63, 3.8) is 0 Å². The van der Waals surface area contributed by atoms with Gasteiger partial charge in [0.2, 0.25) is 0 Å². The van der Waals surface area contributed by atoms with E-state index < -0.39 is 0 Å². The van der Waals surface area contributed by atoms with Crippen molar-refractivity contribution in [1.29, 1.82) is 0 Å². The Bertz CT molecular complexity index is 1160. The number of anilines is 2. The van der Waals surface area contributed by atoms with Crippen molar-refractivity contribution >= 4 is 28.6 Å². The number of hydrogen-bond donors (Lipinski definition) is 3. The smallest absolute Gasteiger partial charge is 0.258 e. The molecule has 0 bridgehead atoms. The molecule has 1 heterocycles. The zero-order chi connectivity index (χ0) is 23.2. The number of hydrogen-bond acceptors (Lipinski definition) is 5. The summed E-state index contributed by atoms with van der Waals surface area (Å²) >= 11 is 0. The molecule has 0 unspecified atom stereocenters. The summed E-state index contributed by atoms with van der Waals surface area (Å²) in [5.41, 5.74) is 11.4. The maximum absolute atomic E-state index is 13.2. The van der Waals surface area contributed by atoms with Crippen molar-refractivity contribution in [3.8, 4) is 11.5 Å². The first kappa shape index (κ1) is 22.4. The summed E-state index contributed by atoms with van der Waals surface area (Å²) in [4.78, 5) is 13.2. The van der Waals surface area contributed by atoms with E-state index >= 15 is 0 Å². The Morgan fingerprint density at radius 3 is 2.24 bits per heavy atom. The van der Waals surface area contributed by atoms with Gasteiger partial charge in [0.05, 0.1) is 30.2 Å². The SMILES string of the molecule is CCOc1cc2c(cc1OCC)C(=C(Nc1ccc(CCN)cc1)c1ccccc1)C(=O)N2. The Balaban J connectivity index is 1.84. The Hall–Kier alpha value is -3.77. The van der Waals surface area contributed by atoms with Gasteiger partial charge >= 0.3 is 0 Å². The van der Waals surface area contributed by atoms with E-state index in [9.17, 15) is 4.79 Å². The maximum atomic E-state index is 13.2. The largest absolute Gasteiger partial charge is 0.490 e. The molecule has 6 nitrogen and oxygen atoms in total. The average Bonchev–Trinajstić information content (AvgIpc) is 3.14. The molecule has 3 aromatic carbocycles. The molecule has 4 rings (SSSR count). The van der Waals surface area contributed by atoms with E-state index in [-0.39, 0.29) is 5.91 Å². The van der Waals surface area contributed by atoms with Gasteiger partial charge in [-0.05, 0) is 56.1 Å². The molecule has 0 fully saturated rings. The molecule has 0 aliphatic carbocycles. The Labute approximate surface area is 194 Å². The van der Waals surface area contributed by atoms with Gasteiger partial charge in [0.25, 0.3) is 5.91 Å². The number of carbonyl (C=O) groups excluding carboxylic acids is 1. The predicted octanol–water partition coefficient (Wildman–Crippen LogP) is 4.92. The molecule has 0 spiro atoms. The minimum absolute atomic E-state index is 0.174. The van der Waals surface area contributed by atoms with Gasteiger partial charge in [-0.2, -0.15) is 0 Å². The lowest BCUT2D eigenvalue weighted by molar-refractivity contribution is -0.110. The van der Waals surface area contributed by atoms with Crippen molar-refractivity contribution < 1.29 is 14.3 Å². The lowest BCUT2D eigenvalue weighted by atomic mass is 9.99. The molecule has 1 aliphatic heterocycles. The Morgan fingerprint density at radius 1 is 0.939 bits per heavy atom. The van der Waals surface area contributed by atoms with Crippen LogP contribution >= 0.6 is 0 Å². The minimum Gasteiger partial charge on any atom is -0.490 e. The van der Waals surface area contributed by atoms with Gasteiger partial charge in [-0.3, -0.25) is 4.79 Å². The second-order valence-corrected chi connectivity index (χ2v) is 7.64. The third-order valence-electron chi connectivity index (χ3n) is 5.40. The van der Waals surface area contributed by atoms with Gasteiger partial charge < -0.3 is 25.8 Å². The highest BCUT2D eigenvalue weighted by molar-refractivity contribution is 6.37. The highest BCUT2D eigenvalue weighted by Gasteiger charge is 2.30. The highest BCUT2D eigenvalue weighted by Crippen LogP contribution is 2.43. The van der Waals surface area contributed by atoms with Gasteiger partial charge in [0, 0.05) is 17.3 Å². The van der Waals surface area contributed by atoms with Crippen molar-refractivity contribution in [3.05, 3.63) is 83.4 Å². The molecule has 3 aromatic rings. The normalized spacial score (nSPS) is 13.8. The van der Waals surface area contributed by atoms with E-state index in [2.05, 4.69) is 10.6 Å². The number of carbonyl (C=O) groups is 1. The molecule has 33 heavy (non-hydrogen) atoms. The van der Waals surface area contributed by atoms with Crippen LogP contribution in [0, 0.1) is 0 Å². The fraction of sp³-hybridized carbons (Fsp3) is 0.222. The fourth-order valence-electron chi connectivity index (χ4n) is 3.91. The first-order chi connectivity index (χ1) is 16.1. The lowest BCUT2D eigenvalue weighted by Crippen LogP contribution is -2.10. The summed E-state index contributed by atoms with van der Waals surface area (Å²) in [6, 6.07) is 21.7. The monoisotopic (exact) mass is 443 g/mol. The molecule has 0 atom stereocenters. The molecule has 1 amide bonds. The fourth-order valence-corrected chi connectivity index (χ4v) is 3.91. The van der Waals surface area contributed by atoms with Crippen LogP contribution in [0.3, 0.4) is 0 Å². The van der Waals surface area contributed by atoms with E-state index in [1.54, 1.807) is 0 Å². The van der Waals surface area contributed by atoms with Crippen LogP contribution in [-0.4, -0.2) is 25.7 Å². The number of nitrogens with two attached hydrogens (primary N) is 1. The maximum Gasteiger partial charge on any atom is 0.258 e. The molecule has 0 aromatic heterocycles. The molecule has 1 aliphatic rings. The van der Waals surface area contributed by atoms with Crippen LogP contribution in [0.2, 0.25) is 0 Å². The van der Waals surface area contributed by atoms with Gasteiger partial charge in [-0.15, -0.1) is 0 Å². The summed E-state index contributed by atoms with van der Waals surface area (Å²) in [6.07, 6.45) is 0.824. The number of benzene rings is 3. The first-order valence-corrected chi connectivity index (χ1v) is 11.3. The van der Waals surface area contributed by atoms with Crippen LogP contribution in [0.4, 0.5) is 11.4 Å². The van der Waals surface area contributed by atoms with Crippen LogP contribution in [0.15, 0.2) is 66.7 Å². The van der Waals surface area contributed by atoms with Crippen molar-refractivity contribution in [2.24, 2.45) is 5.73 Å². The molecule has 0 saturated heterocycles. The van der Waals surface area contributed by atoms with Crippen molar-refractivity contribution in [1.82, 2.24) is 0 Å². The summed E-state index contributed by atoms with van der Waals surface area (Å²) in [7, 11) is 0. The van der Waals surface area contributed by atoms with E-state index in [1.807, 2.05) is 80.6 Å². The molecule has 4 N–H and O–H groups in total. The number of ether oxygens (including phenoxy) is 2. The number of nitrogens with one attached hydrogen (secondary N) is 2. The Kier molecular flexibility index (Phi) is 6.95. The number of rotatable bonds is 9. The van der Waals surface area contributed by atoms with Crippen molar-refractivity contribution in [2.75, 3.05) is 30.4 Å². The molecule has 0 saturated carbocycles. The summed E-state index contributed by atoms with van der Waals surface area (Å²) in [5, 5.41) is 6.48. The topological polar surface area (TPSA) is 85.6 Å². The standard InChI is InChI=1S/C27H29N3O3/c1-3-32-23-16-21-22(17-24(23)33-4-2)30-27(31)25(21)26(19-8-6-5-7-9-19)29-20-12-10-18(11-13-20)14-15-28/h5-13,16-17,29H,3-4,14-15,28H2,1-2H3,(H,30,31). The van der Waals surface area contributed by atoms with Crippen LogP contribution in [0.5, 0.6) is 11.5 Å². The zero-order valence-electron chi connectivity index (χ0n) is 19.0. The van der Waals surface area contributed by atoms with E-state index in [0.29, 0.717) is 42.5 Å². The van der Waals surface area contributed by atoms with Gasteiger partial charge in [-0.25, -0.2) is 0 Å². The predicted molar refractivity (Wildman–Crippen MR) is 133 cm³/mol.